The van der Waals surface area contributed by atoms with E-state index in [1.54, 1.807) is 0 Å². The topological polar surface area (TPSA) is 70.6 Å². The highest BCUT2D eigenvalue weighted by atomic mass is 16.5. The Morgan fingerprint density at radius 1 is 1.39 bits per heavy atom. The van der Waals surface area contributed by atoms with E-state index in [9.17, 15) is 9.90 Å². The number of urea groups is 1. The van der Waals surface area contributed by atoms with Crippen molar-refractivity contribution in [2.24, 2.45) is 11.3 Å². The minimum Gasteiger partial charge on any atom is -0.389 e. The number of carbonyl (C=O) groups is 1. The molecule has 0 aromatic heterocycles. The Morgan fingerprint density at radius 2 is 2.06 bits per heavy atom. The summed E-state index contributed by atoms with van der Waals surface area (Å²) in [6.07, 6.45) is 2.93. The molecule has 18 heavy (non-hydrogen) atoms. The Labute approximate surface area is 109 Å². The predicted molar refractivity (Wildman–Crippen MR) is 70.4 cm³/mol. The minimum atomic E-state index is -0.647. The van der Waals surface area contributed by atoms with Crippen LogP contribution in [0.4, 0.5) is 4.79 Å². The summed E-state index contributed by atoms with van der Waals surface area (Å²) in [7, 11) is 1.52. The maximum absolute atomic E-state index is 11.5. The molecule has 1 atom stereocenters. The lowest BCUT2D eigenvalue weighted by molar-refractivity contribution is 0.0659. The second kappa shape index (κ2) is 6.95. The van der Waals surface area contributed by atoms with E-state index in [1.807, 2.05) is 0 Å². The molecule has 0 saturated heterocycles. The summed E-state index contributed by atoms with van der Waals surface area (Å²) in [6, 6.07) is -0.208. The normalized spacial score (nSPS) is 18.5. The summed E-state index contributed by atoms with van der Waals surface area (Å²) in [5, 5.41) is 14.9. The number of hydrogen-bond donors (Lipinski definition) is 3. The molecule has 0 radical (unpaired) electrons. The van der Waals surface area contributed by atoms with Crippen LogP contribution in [-0.2, 0) is 4.74 Å². The van der Waals surface area contributed by atoms with Crippen molar-refractivity contribution in [1.82, 2.24) is 10.6 Å². The molecule has 5 heteroatoms. The van der Waals surface area contributed by atoms with Crippen LogP contribution in [-0.4, -0.2) is 44.0 Å². The first-order valence-corrected chi connectivity index (χ1v) is 6.66. The van der Waals surface area contributed by atoms with Crippen LogP contribution in [0.3, 0.4) is 0 Å². The summed E-state index contributed by atoms with van der Waals surface area (Å²) in [5.74, 6) is 0.667. The van der Waals surface area contributed by atoms with Crippen molar-refractivity contribution >= 4 is 6.03 Å². The number of aliphatic hydroxyl groups excluding tert-OH is 1. The second-order valence-electron chi connectivity index (χ2n) is 5.77. The van der Waals surface area contributed by atoms with Crippen molar-refractivity contribution in [3.63, 3.8) is 0 Å². The highest BCUT2D eigenvalue weighted by Crippen LogP contribution is 2.49. The third kappa shape index (κ3) is 5.69. The zero-order valence-corrected chi connectivity index (χ0v) is 11.7. The molecule has 1 aliphatic rings. The maximum atomic E-state index is 11.5. The summed E-state index contributed by atoms with van der Waals surface area (Å²) < 4.78 is 4.78. The molecule has 0 aliphatic heterocycles. The van der Waals surface area contributed by atoms with E-state index in [4.69, 9.17) is 4.74 Å². The molecule has 3 N–H and O–H groups in total. The number of carbonyl (C=O) groups excluding carboxylic acids is 1. The van der Waals surface area contributed by atoms with Crippen LogP contribution in [0, 0.1) is 11.3 Å². The van der Waals surface area contributed by atoms with Crippen LogP contribution in [0.5, 0.6) is 0 Å². The quantitative estimate of drug-likeness (QED) is 0.611. The zero-order valence-electron chi connectivity index (χ0n) is 11.7. The molecule has 0 bridgehead atoms. The molecule has 0 spiro atoms. The van der Waals surface area contributed by atoms with Gasteiger partial charge in [-0.3, -0.25) is 0 Å². The summed E-state index contributed by atoms with van der Waals surface area (Å²) in [6.45, 7) is 5.61. The smallest absolute Gasteiger partial charge is 0.314 e. The summed E-state index contributed by atoms with van der Waals surface area (Å²) >= 11 is 0. The van der Waals surface area contributed by atoms with Crippen LogP contribution in [0.2, 0.25) is 0 Å². The van der Waals surface area contributed by atoms with Crippen molar-refractivity contribution in [1.29, 1.82) is 0 Å². The van der Waals surface area contributed by atoms with Gasteiger partial charge < -0.3 is 20.5 Å². The molecule has 2 amide bonds. The number of hydrogen-bond acceptors (Lipinski definition) is 3. The fourth-order valence-corrected chi connectivity index (χ4v) is 2.29. The Morgan fingerprint density at radius 3 is 2.56 bits per heavy atom. The standard InChI is InChI=1S/C13H26N2O3/c1-10(2)6-13(4-5-13)9-15-12(17)14-7-11(16)8-18-3/h10-11,16H,4-9H2,1-3H3,(H2,14,15,17). The molecule has 0 heterocycles. The molecule has 1 aliphatic carbocycles. The SMILES string of the molecule is COCC(O)CNC(=O)NCC1(CC(C)C)CC1. The van der Waals surface area contributed by atoms with Crippen molar-refractivity contribution < 1.29 is 14.6 Å². The molecule has 1 unspecified atom stereocenters. The first kappa shape index (κ1) is 15.2. The lowest BCUT2D eigenvalue weighted by Gasteiger charge is -2.19. The van der Waals surface area contributed by atoms with E-state index in [0.717, 1.165) is 6.54 Å². The summed E-state index contributed by atoms with van der Waals surface area (Å²) in [5.41, 5.74) is 0.330. The number of amides is 2. The van der Waals surface area contributed by atoms with Gasteiger partial charge in [-0.15, -0.1) is 0 Å². The first-order valence-electron chi connectivity index (χ1n) is 6.66. The maximum Gasteiger partial charge on any atom is 0.314 e. The van der Waals surface area contributed by atoms with Gasteiger partial charge in [0.2, 0.25) is 0 Å². The molecular weight excluding hydrogens is 232 g/mol. The molecule has 1 saturated carbocycles. The van der Waals surface area contributed by atoms with Gasteiger partial charge in [-0.2, -0.15) is 0 Å². The molecule has 1 fully saturated rings. The van der Waals surface area contributed by atoms with E-state index < -0.39 is 6.10 Å². The molecule has 0 aromatic rings. The van der Waals surface area contributed by atoms with Gasteiger partial charge in [-0.1, -0.05) is 13.8 Å². The van der Waals surface area contributed by atoms with Crippen molar-refractivity contribution in [2.45, 2.75) is 39.2 Å². The lowest BCUT2D eigenvalue weighted by atomic mass is 9.94. The molecule has 5 nitrogen and oxygen atoms in total. The third-order valence-corrected chi connectivity index (χ3v) is 3.28. The fourth-order valence-electron chi connectivity index (χ4n) is 2.29. The number of ether oxygens (including phenoxy) is 1. The van der Waals surface area contributed by atoms with Gasteiger partial charge in [-0.25, -0.2) is 4.79 Å². The number of methoxy groups -OCH3 is 1. The lowest BCUT2D eigenvalue weighted by Crippen LogP contribution is -2.42. The highest BCUT2D eigenvalue weighted by molar-refractivity contribution is 5.73. The predicted octanol–water partition coefficient (Wildman–Crippen LogP) is 1.12. The zero-order chi connectivity index (χ0) is 13.6. The average molecular weight is 258 g/mol. The Hall–Kier alpha value is -0.810. The third-order valence-electron chi connectivity index (χ3n) is 3.28. The Balaban J connectivity index is 2.13. The number of nitrogens with one attached hydrogen (secondary N) is 2. The monoisotopic (exact) mass is 258 g/mol. The van der Waals surface area contributed by atoms with Crippen molar-refractivity contribution in [3.05, 3.63) is 0 Å². The Kier molecular flexibility index (Phi) is 5.88. The van der Waals surface area contributed by atoms with Gasteiger partial charge >= 0.3 is 6.03 Å². The van der Waals surface area contributed by atoms with Crippen LogP contribution in [0.1, 0.15) is 33.1 Å². The van der Waals surface area contributed by atoms with Gasteiger partial charge in [0, 0.05) is 20.2 Å². The van der Waals surface area contributed by atoms with Crippen LogP contribution < -0.4 is 10.6 Å². The van der Waals surface area contributed by atoms with Gasteiger partial charge in [0.1, 0.15) is 0 Å². The highest BCUT2D eigenvalue weighted by Gasteiger charge is 2.42. The second-order valence-corrected chi connectivity index (χ2v) is 5.77. The average Bonchev–Trinajstić information content (AvgIpc) is 3.03. The summed E-state index contributed by atoms with van der Waals surface area (Å²) in [4.78, 5) is 11.5. The van der Waals surface area contributed by atoms with Gasteiger partial charge in [0.25, 0.3) is 0 Å². The van der Waals surface area contributed by atoms with E-state index in [2.05, 4.69) is 24.5 Å². The Bertz CT molecular complexity index is 265. The number of aliphatic hydroxyl groups is 1. The molecule has 0 aromatic carbocycles. The van der Waals surface area contributed by atoms with E-state index >= 15 is 0 Å². The van der Waals surface area contributed by atoms with Crippen LogP contribution in [0.15, 0.2) is 0 Å². The van der Waals surface area contributed by atoms with Crippen molar-refractivity contribution in [2.75, 3.05) is 26.8 Å². The number of rotatable bonds is 8. The van der Waals surface area contributed by atoms with Gasteiger partial charge in [0.15, 0.2) is 0 Å². The van der Waals surface area contributed by atoms with Crippen LogP contribution in [0.25, 0.3) is 0 Å². The van der Waals surface area contributed by atoms with E-state index in [0.29, 0.717) is 11.3 Å². The fraction of sp³-hybridized carbons (Fsp3) is 0.923. The van der Waals surface area contributed by atoms with E-state index in [-0.39, 0.29) is 19.2 Å². The van der Waals surface area contributed by atoms with Gasteiger partial charge in [-0.05, 0) is 30.6 Å². The molecular formula is C13H26N2O3. The minimum absolute atomic E-state index is 0.208. The first-order chi connectivity index (χ1) is 8.47. The molecule has 106 valence electrons. The largest absolute Gasteiger partial charge is 0.389 e. The molecule has 1 rings (SSSR count). The van der Waals surface area contributed by atoms with Gasteiger partial charge in [0.05, 0.1) is 12.7 Å². The van der Waals surface area contributed by atoms with Crippen LogP contribution >= 0.6 is 0 Å². The van der Waals surface area contributed by atoms with Crippen molar-refractivity contribution in [3.8, 4) is 0 Å². The van der Waals surface area contributed by atoms with E-state index in [1.165, 1.54) is 26.4 Å².